The Balaban J connectivity index is 1.43. The molecule has 2 N–H and O–H groups in total. The summed E-state index contributed by atoms with van der Waals surface area (Å²) < 4.78 is 5.81. The molecule has 156 valence electrons. The van der Waals surface area contributed by atoms with Crippen molar-refractivity contribution in [2.45, 2.75) is 43.9 Å². The zero-order valence-corrected chi connectivity index (χ0v) is 17.0. The number of rotatable bonds is 2. The van der Waals surface area contributed by atoms with Crippen molar-refractivity contribution in [3.05, 3.63) is 36.7 Å². The van der Waals surface area contributed by atoms with Gasteiger partial charge in [-0.05, 0) is 37.8 Å². The number of anilines is 2. The zero-order chi connectivity index (χ0) is 20.1. The molecule has 2 fully saturated rings. The molecular weight excluding hydrogens is 378 g/mol. The molecule has 3 aliphatic rings. The first-order valence-electron chi connectivity index (χ1n) is 11.0. The van der Waals surface area contributed by atoms with Crippen LogP contribution in [0.25, 0.3) is 22.3 Å². The second-order valence-corrected chi connectivity index (χ2v) is 8.68. The van der Waals surface area contributed by atoms with Gasteiger partial charge in [-0.15, -0.1) is 0 Å². The Kier molecular flexibility index (Phi) is 4.39. The number of aliphatic hydroxyl groups excluding tert-OH is 1. The lowest BCUT2D eigenvalue weighted by Crippen LogP contribution is -2.58. The highest BCUT2D eigenvalue weighted by Crippen LogP contribution is 2.40. The summed E-state index contributed by atoms with van der Waals surface area (Å²) >= 11 is 0. The number of aromatic nitrogens is 3. The molecule has 1 saturated carbocycles. The summed E-state index contributed by atoms with van der Waals surface area (Å²) in [6, 6.07) is 9.05. The predicted molar refractivity (Wildman–Crippen MR) is 117 cm³/mol. The van der Waals surface area contributed by atoms with E-state index >= 15 is 0 Å². The molecule has 2 aliphatic heterocycles. The van der Waals surface area contributed by atoms with Crippen molar-refractivity contribution in [2.75, 3.05) is 36.1 Å². The molecule has 0 bridgehead atoms. The Hall–Kier alpha value is -2.64. The smallest absolute Gasteiger partial charge is 0.162 e. The third-order valence-electron chi connectivity index (χ3n) is 6.91. The van der Waals surface area contributed by atoms with E-state index in [0.717, 1.165) is 85.8 Å². The van der Waals surface area contributed by atoms with E-state index in [0.29, 0.717) is 12.1 Å². The Morgan fingerprint density at radius 2 is 1.97 bits per heavy atom. The minimum atomic E-state index is -0.152. The molecule has 2 aromatic heterocycles. The fourth-order valence-electron chi connectivity index (χ4n) is 5.32. The Labute approximate surface area is 175 Å². The molecule has 0 radical (unpaired) electrons. The van der Waals surface area contributed by atoms with E-state index in [1.54, 1.807) is 0 Å². The Morgan fingerprint density at radius 3 is 2.87 bits per heavy atom. The van der Waals surface area contributed by atoms with Crippen LogP contribution in [0.3, 0.4) is 0 Å². The SMILES string of the molecule is OC1CCC(N2C[C@@H]3COCCN3c3nc(-c4cccc5[nH]ccc45)ncc32)CC1. The third kappa shape index (κ3) is 2.96. The fourth-order valence-corrected chi connectivity index (χ4v) is 5.32. The molecule has 4 heterocycles. The molecule has 0 unspecified atom stereocenters. The monoisotopic (exact) mass is 405 g/mol. The van der Waals surface area contributed by atoms with Gasteiger partial charge in [-0.25, -0.2) is 9.97 Å². The Morgan fingerprint density at radius 1 is 1.07 bits per heavy atom. The van der Waals surface area contributed by atoms with Crippen LogP contribution < -0.4 is 9.80 Å². The lowest BCUT2D eigenvalue weighted by atomic mass is 9.90. The van der Waals surface area contributed by atoms with Crippen LogP contribution in [0.4, 0.5) is 11.5 Å². The average molecular weight is 406 g/mol. The maximum atomic E-state index is 9.97. The second-order valence-electron chi connectivity index (χ2n) is 8.68. The van der Waals surface area contributed by atoms with Crippen molar-refractivity contribution >= 4 is 22.4 Å². The van der Waals surface area contributed by atoms with Crippen molar-refractivity contribution in [3.8, 4) is 11.4 Å². The van der Waals surface area contributed by atoms with Gasteiger partial charge in [-0.1, -0.05) is 12.1 Å². The molecule has 30 heavy (non-hydrogen) atoms. The number of aromatic amines is 1. The van der Waals surface area contributed by atoms with Gasteiger partial charge < -0.3 is 24.6 Å². The van der Waals surface area contributed by atoms with Crippen LogP contribution in [0, 0.1) is 0 Å². The summed E-state index contributed by atoms with van der Waals surface area (Å²) in [5.41, 5.74) is 3.28. The van der Waals surface area contributed by atoms with Gasteiger partial charge in [-0.2, -0.15) is 0 Å². The van der Waals surface area contributed by atoms with Crippen LogP contribution in [0.2, 0.25) is 0 Å². The van der Waals surface area contributed by atoms with E-state index in [9.17, 15) is 5.11 Å². The first kappa shape index (κ1) is 18.2. The summed E-state index contributed by atoms with van der Waals surface area (Å²) in [6.07, 6.45) is 7.59. The molecule has 6 rings (SSSR count). The van der Waals surface area contributed by atoms with Crippen molar-refractivity contribution in [1.29, 1.82) is 0 Å². The number of benzene rings is 1. The lowest BCUT2D eigenvalue weighted by molar-refractivity contribution is 0.0900. The van der Waals surface area contributed by atoms with Crippen molar-refractivity contribution in [3.63, 3.8) is 0 Å². The van der Waals surface area contributed by atoms with Crippen LogP contribution in [0.15, 0.2) is 36.7 Å². The fraction of sp³-hybridized carbons (Fsp3) is 0.478. The van der Waals surface area contributed by atoms with Gasteiger partial charge in [0.2, 0.25) is 0 Å². The number of fused-ring (bicyclic) bond motifs is 4. The van der Waals surface area contributed by atoms with Crippen molar-refractivity contribution in [2.24, 2.45) is 0 Å². The summed E-state index contributed by atoms with van der Waals surface area (Å²) in [5.74, 6) is 1.79. The molecule has 7 nitrogen and oxygen atoms in total. The molecule has 0 amide bonds. The van der Waals surface area contributed by atoms with Crippen molar-refractivity contribution in [1.82, 2.24) is 15.0 Å². The molecule has 1 aromatic carbocycles. The van der Waals surface area contributed by atoms with Gasteiger partial charge in [-0.3, -0.25) is 0 Å². The maximum Gasteiger partial charge on any atom is 0.162 e. The third-order valence-corrected chi connectivity index (χ3v) is 6.91. The first-order valence-corrected chi connectivity index (χ1v) is 11.0. The topological polar surface area (TPSA) is 77.5 Å². The van der Waals surface area contributed by atoms with Crippen LogP contribution in [0.5, 0.6) is 0 Å². The number of hydrogen-bond acceptors (Lipinski definition) is 6. The number of aliphatic hydroxyl groups is 1. The van der Waals surface area contributed by atoms with Crippen LogP contribution in [-0.4, -0.2) is 64.5 Å². The lowest BCUT2D eigenvalue weighted by Gasteiger charge is -2.49. The van der Waals surface area contributed by atoms with Gasteiger partial charge in [0.1, 0.15) is 0 Å². The van der Waals surface area contributed by atoms with Crippen LogP contribution in [-0.2, 0) is 4.74 Å². The predicted octanol–water partition coefficient (Wildman–Crippen LogP) is 2.95. The first-order chi connectivity index (χ1) is 14.8. The highest BCUT2D eigenvalue weighted by Gasteiger charge is 2.38. The zero-order valence-electron chi connectivity index (χ0n) is 17.0. The normalized spacial score (nSPS) is 26.5. The summed E-state index contributed by atoms with van der Waals surface area (Å²) in [7, 11) is 0. The van der Waals surface area contributed by atoms with E-state index in [-0.39, 0.29) is 6.10 Å². The number of ether oxygens (including phenoxy) is 1. The number of nitrogens with zero attached hydrogens (tertiary/aromatic N) is 4. The van der Waals surface area contributed by atoms with E-state index in [2.05, 4.69) is 33.0 Å². The minimum Gasteiger partial charge on any atom is -0.393 e. The van der Waals surface area contributed by atoms with E-state index in [4.69, 9.17) is 14.7 Å². The molecule has 0 spiro atoms. The molecule has 3 aromatic rings. The van der Waals surface area contributed by atoms with Crippen LogP contribution in [0.1, 0.15) is 25.7 Å². The molecular formula is C23H27N5O2. The van der Waals surface area contributed by atoms with Crippen molar-refractivity contribution < 1.29 is 9.84 Å². The highest BCUT2D eigenvalue weighted by molar-refractivity contribution is 5.93. The number of H-pyrrole nitrogens is 1. The summed E-state index contributed by atoms with van der Waals surface area (Å²) in [6.45, 7) is 3.26. The van der Waals surface area contributed by atoms with Gasteiger partial charge in [0.25, 0.3) is 0 Å². The quantitative estimate of drug-likeness (QED) is 0.683. The highest BCUT2D eigenvalue weighted by atomic mass is 16.5. The molecule has 1 atom stereocenters. The largest absolute Gasteiger partial charge is 0.393 e. The summed E-state index contributed by atoms with van der Waals surface area (Å²) in [4.78, 5) is 18.1. The molecule has 1 aliphatic carbocycles. The van der Waals surface area contributed by atoms with Gasteiger partial charge in [0.05, 0.1) is 37.2 Å². The molecule has 1 saturated heterocycles. The average Bonchev–Trinajstić information content (AvgIpc) is 3.28. The van der Waals surface area contributed by atoms with Crippen LogP contribution >= 0.6 is 0 Å². The second kappa shape index (κ2) is 7.25. The van der Waals surface area contributed by atoms with Gasteiger partial charge >= 0.3 is 0 Å². The minimum absolute atomic E-state index is 0.152. The maximum absolute atomic E-state index is 9.97. The number of morpholine rings is 1. The van der Waals surface area contributed by atoms with E-state index in [1.807, 2.05) is 18.5 Å². The van der Waals surface area contributed by atoms with Gasteiger partial charge in [0.15, 0.2) is 11.6 Å². The van der Waals surface area contributed by atoms with E-state index < -0.39 is 0 Å². The van der Waals surface area contributed by atoms with E-state index in [1.165, 1.54) is 0 Å². The standard InChI is InChI=1S/C23H27N5O2/c29-17-6-4-15(5-7-17)28-13-16-14-30-11-10-27(16)23-21(28)12-25-22(26-23)19-2-1-3-20-18(19)8-9-24-20/h1-3,8-9,12,15-17,24,29H,4-7,10-11,13-14H2/t15?,16-,17?/m1/s1. The number of nitrogens with one attached hydrogen (secondary N) is 1. The van der Waals surface area contributed by atoms with Gasteiger partial charge in [0, 0.05) is 41.8 Å². The Bertz CT molecular complexity index is 1060. The summed E-state index contributed by atoms with van der Waals surface area (Å²) in [5, 5.41) is 11.1. The molecule has 7 heteroatoms. The number of hydrogen-bond donors (Lipinski definition) is 2.